The number of nitrogens with one attached hydrogen (secondary N) is 1. The molecule has 150 valence electrons. The molecule has 1 aromatic heterocycles. The molecule has 29 heavy (non-hydrogen) atoms. The molecular formula is C22H22FN3O3. The lowest BCUT2D eigenvalue weighted by Crippen LogP contribution is -2.32. The summed E-state index contributed by atoms with van der Waals surface area (Å²) in [6.07, 6.45) is 4.20. The number of ether oxygens (including phenoxy) is 1. The molecular weight excluding hydrogens is 373 g/mol. The van der Waals surface area contributed by atoms with Crippen molar-refractivity contribution >= 4 is 11.7 Å². The van der Waals surface area contributed by atoms with Crippen molar-refractivity contribution in [2.24, 2.45) is 0 Å². The molecule has 1 atom stereocenters. The molecule has 0 spiro atoms. The molecule has 0 bridgehead atoms. The van der Waals surface area contributed by atoms with E-state index in [1.54, 1.807) is 0 Å². The smallest absolute Gasteiger partial charge is 0.266 e. The van der Waals surface area contributed by atoms with Gasteiger partial charge in [0, 0.05) is 5.56 Å². The van der Waals surface area contributed by atoms with Crippen LogP contribution in [0.3, 0.4) is 0 Å². The molecule has 4 rings (SSSR count). The summed E-state index contributed by atoms with van der Waals surface area (Å²) in [5.41, 5.74) is 4.01. The van der Waals surface area contributed by atoms with Gasteiger partial charge in [0.15, 0.2) is 11.8 Å². The summed E-state index contributed by atoms with van der Waals surface area (Å²) in [4.78, 5) is 12.7. The average molecular weight is 395 g/mol. The molecule has 7 heteroatoms. The molecule has 1 N–H and O–H groups in total. The van der Waals surface area contributed by atoms with Crippen LogP contribution < -0.4 is 10.1 Å². The van der Waals surface area contributed by atoms with E-state index in [4.69, 9.17) is 9.37 Å². The normalized spacial score (nSPS) is 14.1. The number of amides is 1. The Morgan fingerprint density at radius 2 is 1.90 bits per heavy atom. The van der Waals surface area contributed by atoms with E-state index in [9.17, 15) is 9.18 Å². The van der Waals surface area contributed by atoms with Crippen LogP contribution >= 0.6 is 0 Å². The molecule has 1 heterocycles. The molecule has 1 amide bonds. The second-order valence-corrected chi connectivity index (χ2v) is 7.11. The van der Waals surface area contributed by atoms with Crippen molar-refractivity contribution in [2.45, 2.75) is 45.1 Å². The maximum atomic E-state index is 13.1. The van der Waals surface area contributed by atoms with Crippen molar-refractivity contribution in [3.63, 3.8) is 0 Å². The highest BCUT2D eigenvalue weighted by Crippen LogP contribution is 2.30. The molecule has 0 saturated heterocycles. The Labute approximate surface area is 168 Å². The number of carbonyl (C=O) groups is 1. The molecule has 2 aromatic carbocycles. The number of fused-ring (bicyclic) bond motifs is 1. The Hall–Kier alpha value is -3.22. The van der Waals surface area contributed by atoms with E-state index in [1.807, 2.05) is 13.0 Å². The zero-order valence-corrected chi connectivity index (χ0v) is 16.2. The summed E-state index contributed by atoms with van der Waals surface area (Å²) in [6.45, 7) is 1.83. The van der Waals surface area contributed by atoms with Gasteiger partial charge >= 0.3 is 0 Å². The van der Waals surface area contributed by atoms with Gasteiger partial charge < -0.3 is 10.1 Å². The lowest BCUT2D eigenvalue weighted by atomic mass is 9.90. The van der Waals surface area contributed by atoms with E-state index in [0.717, 1.165) is 18.4 Å². The Morgan fingerprint density at radius 1 is 1.14 bits per heavy atom. The highest BCUT2D eigenvalue weighted by Gasteiger charge is 2.23. The highest BCUT2D eigenvalue weighted by molar-refractivity contribution is 5.96. The van der Waals surface area contributed by atoms with Crippen LogP contribution in [0, 0.1) is 5.82 Å². The lowest BCUT2D eigenvalue weighted by Gasteiger charge is -2.17. The van der Waals surface area contributed by atoms with Crippen LogP contribution in [0.1, 0.15) is 37.3 Å². The molecule has 0 saturated carbocycles. The summed E-state index contributed by atoms with van der Waals surface area (Å²) >= 11 is 0. The standard InChI is InChI=1S/C22H22FN3O3/c1-2-19(28-18-11-9-17(23)10-12-18)22(27)24-21-20(25-29-26-21)16-8-7-14-5-3-4-6-15(14)13-16/h7-13,19H,2-6H2,1H3,(H,24,26,27)/t19-/m0/s1. The fraction of sp³-hybridized carbons (Fsp3) is 0.318. The zero-order valence-electron chi connectivity index (χ0n) is 16.2. The summed E-state index contributed by atoms with van der Waals surface area (Å²) < 4.78 is 23.7. The predicted octanol–water partition coefficient (Wildman–Crippen LogP) is 4.55. The van der Waals surface area contributed by atoms with Gasteiger partial charge in [0.25, 0.3) is 5.91 Å². The molecule has 0 fully saturated rings. The number of anilines is 1. The van der Waals surface area contributed by atoms with Crippen molar-refractivity contribution < 1.29 is 18.6 Å². The van der Waals surface area contributed by atoms with Crippen LogP contribution in [-0.2, 0) is 17.6 Å². The first-order chi connectivity index (χ1) is 14.1. The van der Waals surface area contributed by atoms with E-state index in [1.165, 1.54) is 48.2 Å². The fourth-order valence-corrected chi connectivity index (χ4v) is 3.54. The van der Waals surface area contributed by atoms with Crippen molar-refractivity contribution in [3.05, 3.63) is 59.4 Å². The lowest BCUT2D eigenvalue weighted by molar-refractivity contribution is -0.122. The summed E-state index contributed by atoms with van der Waals surface area (Å²) in [7, 11) is 0. The minimum Gasteiger partial charge on any atom is -0.481 e. The minimum atomic E-state index is -0.756. The average Bonchev–Trinajstić information content (AvgIpc) is 3.21. The molecule has 1 aliphatic carbocycles. The third-order valence-corrected chi connectivity index (χ3v) is 5.11. The third-order valence-electron chi connectivity index (χ3n) is 5.11. The number of rotatable bonds is 6. The maximum Gasteiger partial charge on any atom is 0.266 e. The topological polar surface area (TPSA) is 77.2 Å². The molecule has 0 radical (unpaired) electrons. The van der Waals surface area contributed by atoms with Gasteiger partial charge in [0.05, 0.1) is 0 Å². The number of aryl methyl sites for hydroxylation is 2. The third kappa shape index (κ3) is 4.29. The first-order valence-electron chi connectivity index (χ1n) is 9.82. The van der Waals surface area contributed by atoms with Crippen LogP contribution in [-0.4, -0.2) is 22.3 Å². The molecule has 1 aliphatic rings. The van der Waals surface area contributed by atoms with Crippen LogP contribution in [0.4, 0.5) is 10.2 Å². The molecule has 6 nitrogen and oxygen atoms in total. The monoisotopic (exact) mass is 395 g/mol. The number of nitrogens with zero attached hydrogens (tertiary/aromatic N) is 2. The van der Waals surface area contributed by atoms with Gasteiger partial charge in [-0.1, -0.05) is 19.1 Å². The van der Waals surface area contributed by atoms with Crippen molar-refractivity contribution in [2.75, 3.05) is 5.32 Å². The quantitative estimate of drug-likeness (QED) is 0.663. The Morgan fingerprint density at radius 3 is 2.66 bits per heavy atom. The van der Waals surface area contributed by atoms with Crippen LogP contribution in [0.15, 0.2) is 47.1 Å². The first-order valence-corrected chi connectivity index (χ1v) is 9.82. The van der Waals surface area contributed by atoms with Gasteiger partial charge in [-0.05, 0) is 83.9 Å². The SMILES string of the molecule is CC[C@H](Oc1ccc(F)cc1)C(=O)Nc1nonc1-c1ccc2c(c1)CCCC2. The van der Waals surface area contributed by atoms with Gasteiger partial charge in [-0.25, -0.2) is 9.02 Å². The van der Waals surface area contributed by atoms with Gasteiger partial charge in [0.1, 0.15) is 11.6 Å². The maximum absolute atomic E-state index is 13.1. The summed E-state index contributed by atoms with van der Waals surface area (Å²) in [5.74, 6) is -0.0570. The van der Waals surface area contributed by atoms with Gasteiger partial charge in [0.2, 0.25) is 5.82 Å². The van der Waals surface area contributed by atoms with E-state index in [-0.39, 0.29) is 17.5 Å². The second kappa shape index (κ2) is 8.43. The number of halogens is 1. The predicted molar refractivity (Wildman–Crippen MR) is 106 cm³/mol. The Kier molecular flexibility index (Phi) is 5.55. The summed E-state index contributed by atoms with van der Waals surface area (Å²) in [5, 5.41) is 10.6. The van der Waals surface area contributed by atoms with Crippen LogP contribution in [0.2, 0.25) is 0 Å². The largest absolute Gasteiger partial charge is 0.481 e. The molecule has 0 aliphatic heterocycles. The van der Waals surface area contributed by atoms with Crippen LogP contribution in [0.5, 0.6) is 5.75 Å². The number of carbonyl (C=O) groups excluding carboxylic acids is 1. The molecule has 3 aromatic rings. The number of hydrogen-bond acceptors (Lipinski definition) is 5. The zero-order chi connectivity index (χ0) is 20.2. The van der Waals surface area contributed by atoms with Gasteiger partial charge in [-0.3, -0.25) is 4.79 Å². The van der Waals surface area contributed by atoms with Crippen molar-refractivity contribution in [1.29, 1.82) is 0 Å². The van der Waals surface area contributed by atoms with E-state index < -0.39 is 6.10 Å². The first kappa shape index (κ1) is 19.1. The number of benzene rings is 2. The fourth-order valence-electron chi connectivity index (χ4n) is 3.54. The van der Waals surface area contributed by atoms with E-state index >= 15 is 0 Å². The molecule has 0 unspecified atom stereocenters. The van der Waals surface area contributed by atoms with E-state index in [0.29, 0.717) is 17.9 Å². The Balaban J connectivity index is 1.50. The van der Waals surface area contributed by atoms with E-state index in [2.05, 4.69) is 27.8 Å². The van der Waals surface area contributed by atoms with Crippen molar-refractivity contribution in [3.8, 4) is 17.0 Å². The number of hydrogen-bond donors (Lipinski definition) is 1. The Bertz CT molecular complexity index is 1000. The summed E-state index contributed by atoms with van der Waals surface area (Å²) in [6, 6.07) is 11.7. The highest BCUT2D eigenvalue weighted by atomic mass is 19.1. The van der Waals surface area contributed by atoms with Gasteiger partial charge in [-0.15, -0.1) is 0 Å². The van der Waals surface area contributed by atoms with Crippen LogP contribution in [0.25, 0.3) is 11.3 Å². The van der Waals surface area contributed by atoms with Gasteiger partial charge in [-0.2, -0.15) is 0 Å². The van der Waals surface area contributed by atoms with Crippen molar-refractivity contribution in [1.82, 2.24) is 10.3 Å². The second-order valence-electron chi connectivity index (χ2n) is 7.11. The number of aromatic nitrogens is 2. The minimum absolute atomic E-state index is 0.256.